The first-order valence-corrected chi connectivity index (χ1v) is 5.35. The summed E-state index contributed by atoms with van der Waals surface area (Å²) in [5.74, 6) is 1.49. The molecule has 0 saturated heterocycles. The van der Waals surface area contributed by atoms with E-state index < -0.39 is 0 Å². The van der Waals surface area contributed by atoms with Crippen molar-refractivity contribution in [3.05, 3.63) is 0 Å². The van der Waals surface area contributed by atoms with Crippen LogP contribution in [0.1, 0.15) is 27.2 Å². The second-order valence-electron chi connectivity index (χ2n) is 4.42. The monoisotopic (exact) mass is 186 g/mol. The van der Waals surface area contributed by atoms with Crippen LogP contribution in [0, 0.1) is 11.8 Å². The maximum absolute atomic E-state index is 3.28. The number of nitrogens with zero attached hydrogens (tertiary/aromatic N) is 1. The highest BCUT2D eigenvalue weighted by Crippen LogP contribution is 2.19. The normalized spacial score (nSPS) is 16.6. The number of hydrogen-bond donors (Lipinski definition) is 1. The summed E-state index contributed by atoms with van der Waals surface area (Å²) in [6, 6.07) is 0.692. The molecule has 0 aliphatic rings. The Balaban J connectivity index is 4.30. The fourth-order valence-corrected chi connectivity index (χ4v) is 2.33. The van der Waals surface area contributed by atoms with Crippen molar-refractivity contribution < 1.29 is 0 Å². The first-order valence-electron chi connectivity index (χ1n) is 5.35. The van der Waals surface area contributed by atoms with Gasteiger partial charge in [0.1, 0.15) is 0 Å². The van der Waals surface area contributed by atoms with Crippen LogP contribution in [0.4, 0.5) is 0 Å². The highest BCUT2D eigenvalue weighted by Gasteiger charge is 2.24. The second kappa shape index (κ2) is 6.39. The summed E-state index contributed by atoms with van der Waals surface area (Å²) in [5.41, 5.74) is 0. The van der Waals surface area contributed by atoms with Gasteiger partial charge in [-0.25, -0.2) is 0 Å². The molecule has 13 heavy (non-hydrogen) atoms. The Hall–Kier alpha value is -0.0800. The van der Waals surface area contributed by atoms with Crippen LogP contribution in [0.2, 0.25) is 0 Å². The molecule has 1 N–H and O–H groups in total. The van der Waals surface area contributed by atoms with Crippen LogP contribution >= 0.6 is 0 Å². The Morgan fingerprint density at radius 1 is 1.23 bits per heavy atom. The van der Waals surface area contributed by atoms with E-state index in [1.807, 2.05) is 7.05 Å². The minimum absolute atomic E-state index is 0.692. The predicted molar refractivity (Wildman–Crippen MR) is 60.0 cm³/mol. The van der Waals surface area contributed by atoms with Gasteiger partial charge in [-0.1, -0.05) is 27.2 Å². The van der Waals surface area contributed by atoms with Crippen LogP contribution in [-0.2, 0) is 0 Å². The summed E-state index contributed by atoms with van der Waals surface area (Å²) in [6.07, 6.45) is 1.25. The van der Waals surface area contributed by atoms with E-state index in [1.54, 1.807) is 0 Å². The zero-order valence-electron chi connectivity index (χ0n) is 10.1. The van der Waals surface area contributed by atoms with E-state index >= 15 is 0 Å². The summed E-state index contributed by atoms with van der Waals surface area (Å²) in [6.45, 7) is 8.02. The Bertz CT molecular complexity index is 113. The van der Waals surface area contributed by atoms with Crippen molar-refractivity contribution in [2.75, 3.05) is 27.7 Å². The summed E-state index contributed by atoms with van der Waals surface area (Å²) >= 11 is 0. The number of nitrogens with one attached hydrogen (secondary N) is 1. The van der Waals surface area contributed by atoms with Gasteiger partial charge in [-0.3, -0.25) is 0 Å². The van der Waals surface area contributed by atoms with E-state index in [9.17, 15) is 0 Å². The molecule has 0 aromatic carbocycles. The lowest BCUT2D eigenvalue weighted by Crippen LogP contribution is -2.43. The maximum atomic E-state index is 3.28. The predicted octanol–water partition coefficient (Wildman–Crippen LogP) is 1.82. The number of rotatable bonds is 6. The van der Waals surface area contributed by atoms with Gasteiger partial charge in [0.15, 0.2) is 0 Å². The third-order valence-electron chi connectivity index (χ3n) is 2.75. The van der Waals surface area contributed by atoms with Gasteiger partial charge in [-0.2, -0.15) is 0 Å². The van der Waals surface area contributed by atoms with Crippen molar-refractivity contribution in [3.8, 4) is 0 Å². The molecule has 2 unspecified atom stereocenters. The molecule has 0 heterocycles. The van der Waals surface area contributed by atoms with Gasteiger partial charge in [0.25, 0.3) is 0 Å². The van der Waals surface area contributed by atoms with Crippen LogP contribution in [0.5, 0.6) is 0 Å². The van der Waals surface area contributed by atoms with Gasteiger partial charge in [0, 0.05) is 6.04 Å². The quantitative estimate of drug-likeness (QED) is 0.680. The van der Waals surface area contributed by atoms with Gasteiger partial charge < -0.3 is 10.2 Å². The lowest BCUT2D eigenvalue weighted by molar-refractivity contribution is 0.152. The van der Waals surface area contributed by atoms with Gasteiger partial charge in [-0.05, 0) is 39.5 Å². The Labute approximate surface area is 83.7 Å². The topological polar surface area (TPSA) is 15.3 Å². The zero-order valence-corrected chi connectivity index (χ0v) is 10.1. The van der Waals surface area contributed by atoms with Crippen LogP contribution in [0.15, 0.2) is 0 Å². The Morgan fingerprint density at radius 2 is 1.77 bits per heavy atom. The lowest BCUT2D eigenvalue weighted by atomic mass is 9.87. The zero-order chi connectivity index (χ0) is 10.4. The van der Waals surface area contributed by atoms with E-state index in [2.05, 4.69) is 45.1 Å². The van der Waals surface area contributed by atoms with Crippen LogP contribution in [-0.4, -0.2) is 38.6 Å². The van der Waals surface area contributed by atoms with E-state index in [0.717, 1.165) is 18.4 Å². The van der Waals surface area contributed by atoms with Crippen molar-refractivity contribution >= 4 is 0 Å². The molecule has 0 spiro atoms. The minimum atomic E-state index is 0.692. The van der Waals surface area contributed by atoms with Gasteiger partial charge in [0.2, 0.25) is 0 Å². The first kappa shape index (κ1) is 12.9. The van der Waals surface area contributed by atoms with Gasteiger partial charge in [-0.15, -0.1) is 0 Å². The Morgan fingerprint density at radius 3 is 2.00 bits per heavy atom. The van der Waals surface area contributed by atoms with Crippen molar-refractivity contribution in [3.63, 3.8) is 0 Å². The molecular weight excluding hydrogens is 160 g/mol. The highest BCUT2D eigenvalue weighted by molar-refractivity contribution is 4.79. The van der Waals surface area contributed by atoms with E-state index in [0.29, 0.717) is 6.04 Å². The molecule has 2 atom stereocenters. The fourth-order valence-electron chi connectivity index (χ4n) is 2.33. The molecule has 0 fully saturated rings. The minimum Gasteiger partial charge on any atom is -0.319 e. The molecule has 0 rings (SSSR count). The van der Waals surface area contributed by atoms with Crippen LogP contribution in [0.3, 0.4) is 0 Å². The van der Waals surface area contributed by atoms with E-state index in [-0.39, 0.29) is 0 Å². The molecule has 0 amide bonds. The smallest absolute Gasteiger partial charge is 0.0152 e. The molecule has 0 saturated carbocycles. The summed E-state index contributed by atoms with van der Waals surface area (Å²) in [5, 5.41) is 3.28. The average Bonchev–Trinajstić information content (AvgIpc) is 2.02. The van der Waals surface area contributed by atoms with Crippen molar-refractivity contribution in [2.24, 2.45) is 11.8 Å². The number of hydrogen-bond acceptors (Lipinski definition) is 2. The summed E-state index contributed by atoms with van der Waals surface area (Å²) < 4.78 is 0. The average molecular weight is 186 g/mol. The van der Waals surface area contributed by atoms with Gasteiger partial charge in [0.05, 0.1) is 0 Å². The molecule has 0 bridgehead atoms. The standard InChI is InChI=1S/C11H26N2/c1-7-10(8-12-4)11(9(2)3)13(5)6/h9-12H,7-8H2,1-6H3. The molecule has 2 nitrogen and oxygen atoms in total. The lowest BCUT2D eigenvalue weighted by Gasteiger charge is -2.35. The van der Waals surface area contributed by atoms with Crippen LogP contribution in [0.25, 0.3) is 0 Å². The molecule has 0 aliphatic heterocycles. The third-order valence-corrected chi connectivity index (χ3v) is 2.75. The largest absolute Gasteiger partial charge is 0.319 e. The maximum Gasteiger partial charge on any atom is 0.0152 e. The van der Waals surface area contributed by atoms with Crippen LogP contribution < -0.4 is 5.32 Å². The van der Waals surface area contributed by atoms with Crippen molar-refractivity contribution in [1.29, 1.82) is 0 Å². The van der Waals surface area contributed by atoms with Crippen molar-refractivity contribution in [2.45, 2.75) is 33.2 Å². The van der Waals surface area contributed by atoms with Gasteiger partial charge >= 0.3 is 0 Å². The van der Waals surface area contributed by atoms with E-state index in [1.165, 1.54) is 6.42 Å². The molecule has 0 aliphatic carbocycles. The summed E-state index contributed by atoms with van der Waals surface area (Å²) in [7, 11) is 6.40. The Kier molecular flexibility index (Phi) is 6.35. The molecule has 0 aromatic rings. The first-order chi connectivity index (χ1) is 6.04. The SMILES string of the molecule is CCC(CNC)C(C(C)C)N(C)C. The summed E-state index contributed by atoms with van der Waals surface area (Å²) in [4.78, 5) is 2.36. The molecule has 0 aromatic heterocycles. The second-order valence-corrected chi connectivity index (χ2v) is 4.42. The van der Waals surface area contributed by atoms with E-state index in [4.69, 9.17) is 0 Å². The molecule has 2 heteroatoms. The fraction of sp³-hybridized carbons (Fsp3) is 1.00. The molecule has 80 valence electrons. The third kappa shape index (κ3) is 4.10. The van der Waals surface area contributed by atoms with Crippen molar-refractivity contribution in [1.82, 2.24) is 10.2 Å². The molecule has 0 radical (unpaired) electrons. The molecular formula is C11H26N2. The highest BCUT2D eigenvalue weighted by atomic mass is 15.1.